The van der Waals surface area contributed by atoms with Crippen molar-refractivity contribution in [2.24, 2.45) is 0 Å². The molecule has 0 aliphatic carbocycles. The van der Waals surface area contributed by atoms with Crippen molar-refractivity contribution in [1.82, 2.24) is 10.3 Å². The Morgan fingerprint density at radius 2 is 2.04 bits per heavy atom. The molecule has 0 saturated heterocycles. The fraction of sp³-hybridized carbons (Fsp3) is 0.190. The number of carbonyl (C=O) groups excluding carboxylic acids is 1. The first-order valence-corrected chi connectivity index (χ1v) is 8.53. The summed E-state index contributed by atoms with van der Waals surface area (Å²) >= 11 is 0. The minimum Gasteiger partial charge on any atom is -0.467 e. The number of carbonyl (C=O) groups is 1. The number of hydrogen-bond acceptors (Lipinski definition) is 5. The molecule has 1 aliphatic heterocycles. The van der Waals surface area contributed by atoms with Gasteiger partial charge >= 0.3 is 0 Å². The number of pyridine rings is 1. The number of aromatic nitrogens is 1. The van der Waals surface area contributed by atoms with Crippen LogP contribution in [0.3, 0.4) is 0 Å². The van der Waals surface area contributed by atoms with Crippen molar-refractivity contribution in [2.45, 2.75) is 25.6 Å². The molecular formula is C21H20N4O2. The molecule has 2 aromatic rings. The lowest BCUT2D eigenvalue weighted by molar-refractivity contribution is 0.0924. The molecule has 2 heterocycles. The maximum absolute atomic E-state index is 12.4. The third-order valence-corrected chi connectivity index (χ3v) is 3.89. The predicted molar refractivity (Wildman–Crippen MR) is 103 cm³/mol. The zero-order chi connectivity index (χ0) is 19.3. The monoisotopic (exact) mass is 360 g/mol. The summed E-state index contributed by atoms with van der Waals surface area (Å²) in [6, 6.07) is 15.0. The molecule has 0 radical (unpaired) electrons. The number of para-hydroxylation sites is 1. The van der Waals surface area contributed by atoms with Crippen molar-refractivity contribution in [2.75, 3.05) is 4.90 Å². The maximum atomic E-state index is 12.4. The quantitative estimate of drug-likeness (QED) is 0.884. The van der Waals surface area contributed by atoms with Crippen LogP contribution < -0.4 is 15.0 Å². The smallest absolute Gasteiger partial charge is 0.271 e. The molecule has 3 rings (SSSR count). The lowest BCUT2D eigenvalue weighted by Crippen LogP contribution is -2.42. The van der Waals surface area contributed by atoms with E-state index in [4.69, 9.17) is 10.00 Å². The first kappa shape index (κ1) is 18.2. The summed E-state index contributed by atoms with van der Waals surface area (Å²) in [5.74, 6) is 0.343. The number of benzene rings is 1. The Hall–Kier alpha value is -3.59. The van der Waals surface area contributed by atoms with E-state index >= 15 is 0 Å². The van der Waals surface area contributed by atoms with Crippen molar-refractivity contribution in [3.05, 3.63) is 78.8 Å². The number of ether oxygens (including phenoxy) is 1. The molecule has 136 valence electrons. The van der Waals surface area contributed by atoms with E-state index in [2.05, 4.69) is 10.3 Å². The minimum atomic E-state index is -0.971. The van der Waals surface area contributed by atoms with E-state index in [0.29, 0.717) is 0 Å². The Labute approximate surface area is 158 Å². The maximum Gasteiger partial charge on any atom is 0.271 e. The fourth-order valence-corrected chi connectivity index (χ4v) is 2.53. The fourth-order valence-electron chi connectivity index (χ4n) is 2.53. The van der Waals surface area contributed by atoms with Crippen LogP contribution in [0.4, 0.5) is 5.69 Å². The summed E-state index contributed by atoms with van der Waals surface area (Å²) in [5.41, 5.74) is 0.0188. The SMILES string of the molecule is CC(C)(C#N)NC(=O)c1cc(N2C=CC=CC2Oc2ccccc2)ccn1. The Morgan fingerprint density at radius 3 is 2.78 bits per heavy atom. The number of nitrogens with zero attached hydrogens (tertiary/aromatic N) is 3. The van der Waals surface area contributed by atoms with E-state index in [-0.39, 0.29) is 11.9 Å². The van der Waals surface area contributed by atoms with Gasteiger partial charge in [-0.25, -0.2) is 0 Å². The van der Waals surface area contributed by atoms with Gasteiger partial charge in [-0.05, 0) is 50.3 Å². The van der Waals surface area contributed by atoms with Crippen molar-refractivity contribution in [3.8, 4) is 11.8 Å². The summed E-state index contributed by atoms with van der Waals surface area (Å²) in [7, 11) is 0. The first-order valence-electron chi connectivity index (χ1n) is 8.53. The number of hydrogen-bond donors (Lipinski definition) is 1. The highest BCUT2D eigenvalue weighted by Crippen LogP contribution is 2.24. The number of amides is 1. The number of allylic oxidation sites excluding steroid dienone is 2. The van der Waals surface area contributed by atoms with Crippen molar-refractivity contribution < 1.29 is 9.53 Å². The van der Waals surface area contributed by atoms with Gasteiger partial charge in [0.1, 0.15) is 17.0 Å². The summed E-state index contributed by atoms with van der Waals surface area (Å²) in [4.78, 5) is 18.5. The molecule has 1 aromatic carbocycles. The molecule has 1 unspecified atom stereocenters. The second kappa shape index (κ2) is 7.75. The van der Waals surface area contributed by atoms with Crippen molar-refractivity contribution in [1.29, 1.82) is 5.26 Å². The molecule has 1 atom stereocenters. The van der Waals surface area contributed by atoms with Crippen molar-refractivity contribution >= 4 is 11.6 Å². The van der Waals surface area contributed by atoms with Gasteiger partial charge in [0.15, 0.2) is 6.23 Å². The zero-order valence-corrected chi connectivity index (χ0v) is 15.2. The summed E-state index contributed by atoms with van der Waals surface area (Å²) < 4.78 is 6.04. The molecule has 0 fully saturated rings. The molecule has 6 nitrogen and oxygen atoms in total. The highest BCUT2D eigenvalue weighted by Gasteiger charge is 2.23. The number of anilines is 1. The van der Waals surface area contributed by atoms with Gasteiger partial charge in [0.25, 0.3) is 5.91 Å². The molecule has 1 aliphatic rings. The van der Waals surface area contributed by atoms with Gasteiger partial charge in [-0.3, -0.25) is 9.78 Å². The summed E-state index contributed by atoms with van der Waals surface area (Å²) in [6.45, 7) is 3.27. The molecule has 0 saturated carbocycles. The van der Waals surface area contributed by atoms with Crippen LogP contribution in [0.1, 0.15) is 24.3 Å². The van der Waals surface area contributed by atoms with Crippen LogP contribution in [0.5, 0.6) is 5.75 Å². The number of nitriles is 1. The molecule has 0 bridgehead atoms. The summed E-state index contributed by atoms with van der Waals surface area (Å²) in [5, 5.41) is 11.8. The Bertz CT molecular complexity index is 913. The van der Waals surface area contributed by atoms with Crippen LogP contribution in [0.2, 0.25) is 0 Å². The second-order valence-corrected chi connectivity index (χ2v) is 6.55. The normalized spacial score (nSPS) is 15.9. The van der Waals surface area contributed by atoms with Crippen LogP contribution in [0.25, 0.3) is 0 Å². The van der Waals surface area contributed by atoms with Gasteiger partial charge in [0, 0.05) is 18.1 Å². The van der Waals surface area contributed by atoms with Gasteiger partial charge in [-0.15, -0.1) is 0 Å². The van der Waals surface area contributed by atoms with E-state index in [9.17, 15) is 4.79 Å². The van der Waals surface area contributed by atoms with Crippen LogP contribution >= 0.6 is 0 Å². The third-order valence-electron chi connectivity index (χ3n) is 3.89. The van der Waals surface area contributed by atoms with E-state index < -0.39 is 11.4 Å². The molecule has 6 heteroatoms. The van der Waals surface area contributed by atoms with E-state index in [1.807, 2.05) is 65.7 Å². The second-order valence-electron chi connectivity index (χ2n) is 6.55. The molecule has 1 N–H and O–H groups in total. The molecular weight excluding hydrogens is 340 g/mol. The predicted octanol–water partition coefficient (Wildman–Crippen LogP) is 3.41. The number of nitrogens with one attached hydrogen (secondary N) is 1. The standard InChI is InChI=1S/C21H20N4O2/c1-21(2,15-22)24-20(26)18-14-16(11-12-23-18)25-13-7-6-10-19(25)27-17-8-4-3-5-9-17/h3-14,19H,1-2H3,(H,24,26). The highest BCUT2D eigenvalue weighted by molar-refractivity contribution is 5.93. The topological polar surface area (TPSA) is 78.2 Å². The average Bonchev–Trinajstić information content (AvgIpc) is 2.69. The van der Waals surface area contributed by atoms with Gasteiger partial charge in [-0.1, -0.05) is 24.3 Å². The first-order chi connectivity index (χ1) is 13.0. The Kier molecular flexibility index (Phi) is 5.23. The summed E-state index contributed by atoms with van der Waals surface area (Å²) in [6.07, 6.45) is 8.81. The molecule has 1 amide bonds. The highest BCUT2D eigenvalue weighted by atomic mass is 16.5. The van der Waals surface area contributed by atoms with Crippen LogP contribution in [-0.4, -0.2) is 22.7 Å². The zero-order valence-electron chi connectivity index (χ0n) is 15.2. The van der Waals surface area contributed by atoms with Gasteiger partial charge in [0.05, 0.1) is 6.07 Å². The Balaban J connectivity index is 1.82. The molecule has 1 aromatic heterocycles. The third kappa shape index (κ3) is 4.53. The van der Waals surface area contributed by atoms with Crippen molar-refractivity contribution in [3.63, 3.8) is 0 Å². The minimum absolute atomic E-state index is 0.234. The largest absolute Gasteiger partial charge is 0.467 e. The van der Waals surface area contributed by atoms with Crippen LogP contribution in [-0.2, 0) is 0 Å². The van der Waals surface area contributed by atoms with Gasteiger partial charge in [-0.2, -0.15) is 5.26 Å². The van der Waals surface area contributed by atoms with E-state index in [1.165, 1.54) is 0 Å². The molecule has 0 spiro atoms. The lowest BCUT2D eigenvalue weighted by Gasteiger charge is -2.30. The lowest BCUT2D eigenvalue weighted by atomic mass is 10.1. The van der Waals surface area contributed by atoms with E-state index in [1.54, 1.807) is 32.2 Å². The van der Waals surface area contributed by atoms with Crippen LogP contribution in [0, 0.1) is 11.3 Å². The molecule has 27 heavy (non-hydrogen) atoms. The number of rotatable bonds is 5. The van der Waals surface area contributed by atoms with Gasteiger partial charge in [0.2, 0.25) is 0 Å². The van der Waals surface area contributed by atoms with E-state index in [0.717, 1.165) is 11.4 Å². The average molecular weight is 360 g/mol. The van der Waals surface area contributed by atoms with Gasteiger partial charge < -0.3 is 15.0 Å². The Morgan fingerprint density at radius 1 is 1.26 bits per heavy atom. The van der Waals surface area contributed by atoms with Crippen LogP contribution in [0.15, 0.2) is 73.1 Å².